The second kappa shape index (κ2) is 4.63. The van der Waals surface area contributed by atoms with Gasteiger partial charge in [0.2, 0.25) is 0 Å². The maximum atomic E-state index is 2.71. The minimum atomic E-state index is 0.756. The standard InChI is InChI=1S/C12H27N2/c1-6-8-12-9-14(4,5)10-13(12)11(3)7-2/h11-12H,6-10H2,1-5H3/q+1. The van der Waals surface area contributed by atoms with E-state index in [0.717, 1.165) is 12.1 Å². The Morgan fingerprint density at radius 3 is 2.50 bits per heavy atom. The number of nitrogens with zero attached hydrogens (tertiary/aromatic N) is 2. The minimum absolute atomic E-state index is 0.756. The SMILES string of the molecule is CCCC1C[N+](C)(C)CN1C(C)CC. The summed E-state index contributed by atoms with van der Waals surface area (Å²) in [5.41, 5.74) is 0. The van der Waals surface area contributed by atoms with Gasteiger partial charge in [-0.1, -0.05) is 20.3 Å². The Morgan fingerprint density at radius 2 is 2.00 bits per heavy atom. The first-order chi connectivity index (χ1) is 6.50. The molecule has 0 aromatic rings. The van der Waals surface area contributed by atoms with E-state index in [1.54, 1.807) is 0 Å². The highest BCUT2D eigenvalue weighted by atomic mass is 15.5. The van der Waals surface area contributed by atoms with Crippen LogP contribution in [0.4, 0.5) is 0 Å². The van der Waals surface area contributed by atoms with Crippen molar-refractivity contribution in [2.24, 2.45) is 0 Å². The summed E-state index contributed by atoms with van der Waals surface area (Å²) in [4.78, 5) is 2.71. The van der Waals surface area contributed by atoms with Crippen molar-refractivity contribution < 1.29 is 4.48 Å². The highest BCUT2D eigenvalue weighted by molar-refractivity contribution is 4.78. The zero-order valence-corrected chi connectivity index (χ0v) is 10.6. The molecule has 1 aliphatic rings. The maximum Gasteiger partial charge on any atom is 0.135 e. The van der Waals surface area contributed by atoms with Crippen LogP contribution in [0.25, 0.3) is 0 Å². The fourth-order valence-corrected chi connectivity index (χ4v) is 2.61. The van der Waals surface area contributed by atoms with Crippen molar-refractivity contribution in [2.45, 2.75) is 52.1 Å². The monoisotopic (exact) mass is 199 g/mol. The summed E-state index contributed by atoms with van der Waals surface area (Å²) in [5, 5.41) is 0. The van der Waals surface area contributed by atoms with Gasteiger partial charge in [-0.25, -0.2) is 4.90 Å². The summed E-state index contributed by atoms with van der Waals surface area (Å²) < 4.78 is 1.18. The maximum absolute atomic E-state index is 2.71. The lowest BCUT2D eigenvalue weighted by molar-refractivity contribution is -0.883. The molecule has 0 saturated carbocycles. The van der Waals surface area contributed by atoms with E-state index < -0.39 is 0 Å². The van der Waals surface area contributed by atoms with Crippen molar-refractivity contribution in [1.29, 1.82) is 0 Å². The molecule has 2 nitrogen and oxygen atoms in total. The van der Waals surface area contributed by atoms with E-state index in [1.165, 1.54) is 37.0 Å². The van der Waals surface area contributed by atoms with Crippen molar-refractivity contribution in [1.82, 2.24) is 4.90 Å². The first kappa shape index (κ1) is 12.0. The molecule has 14 heavy (non-hydrogen) atoms. The molecule has 0 aliphatic carbocycles. The lowest BCUT2D eigenvalue weighted by Crippen LogP contribution is -2.41. The van der Waals surface area contributed by atoms with Crippen molar-refractivity contribution in [3.63, 3.8) is 0 Å². The van der Waals surface area contributed by atoms with E-state index in [9.17, 15) is 0 Å². The number of quaternary nitrogens is 1. The van der Waals surface area contributed by atoms with Crippen LogP contribution in [-0.4, -0.2) is 48.8 Å². The van der Waals surface area contributed by atoms with Crippen LogP contribution in [0.3, 0.4) is 0 Å². The number of likely N-dealkylation sites (N-methyl/N-ethyl adjacent to an activating group) is 1. The molecule has 0 aromatic carbocycles. The molecule has 2 atom stereocenters. The zero-order chi connectivity index (χ0) is 10.8. The van der Waals surface area contributed by atoms with E-state index in [-0.39, 0.29) is 0 Å². The zero-order valence-electron chi connectivity index (χ0n) is 10.6. The lowest BCUT2D eigenvalue weighted by atomic mass is 10.1. The summed E-state index contributed by atoms with van der Waals surface area (Å²) in [6.45, 7) is 9.53. The third kappa shape index (κ3) is 2.71. The smallest absolute Gasteiger partial charge is 0.135 e. The van der Waals surface area contributed by atoms with Crippen LogP contribution >= 0.6 is 0 Å². The Hall–Kier alpha value is -0.0800. The molecule has 0 N–H and O–H groups in total. The van der Waals surface area contributed by atoms with Gasteiger partial charge >= 0.3 is 0 Å². The molecule has 0 radical (unpaired) electrons. The summed E-state index contributed by atoms with van der Waals surface area (Å²) in [5.74, 6) is 0. The van der Waals surface area contributed by atoms with E-state index in [0.29, 0.717) is 0 Å². The van der Waals surface area contributed by atoms with Gasteiger partial charge < -0.3 is 4.48 Å². The largest absolute Gasteiger partial charge is 0.315 e. The average molecular weight is 199 g/mol. The predicted molar refractivity (Wildman–Crippen MR) is 62.1 cm³/mol. The summed E-state index contributed by atoms with van der Waals surface area (Å²) >= 11 is 0. The minimum Gasteiger partial charge on any atom is -0.315 e. The Bertz CT molecular complexity index is 177. The van der Waals surface area contributed by atoms with Gasteiger partial charge in [0, 0.05) is 6.04 Å². The van der Waals surface area contributed by atoms with Crippen LogP contribution in [0.1, 0.15) is 40.0 Å². The number of hydrogen-bond donors (Lipinski definition) is 0. The van der Waals surface area contributed by atoms with Crippen LogP contribution in [0.2, 0.25) is 0 Å². The summed E-state index contributed by atoms with van der Waals surface area (Å²) in [6.07, 6.45) is 3.96. The molecule has 1 saturated heterocycles. The molecule has 1 aliphatic heterocycles. The number of rotatable bonds is 4. The summed E-state index contributed by atoms with van der Waals surface area (Å²) in [7, 11) is 4.70. The Labute approximate surface area is 89.5 Å². The van der Waals surface area contributed by atoms with Gasteiger partial charge in [-0.15, -0.1) is 0 Å². The highest BCUT2D eigenvalue weighted by Crippen LogP contribution is 2.24. The first-order valence-electron chi connectivity index (χ1n) is 6.08. The fraction of sp³-hybridized carbons (Fsp3) is 1.00. The predicted octanol–water partition coefficient (Wildman–Crippen LogP) is 2.30. The van der Waals surface area contributed by atoms with Gasteiger partial charge in [-0.05, 0) is 19.8 Å². The Balaban J connectivity index is 2.62. The molecule has 1 heterocycles. The molecule has 2 unspecified atom stereocenters. The van der Waals surface area contributed by atoms with Crippen molar-refractivity contribution in [3.8, 4) is 0 Å². The molecule has 2 heteroatoms. The van der Waals surface area contributed by atoms with Crippen molar-refractivity contribution in [3.05, 3.63) is 0 Å². The third-order valence-corrected chi connectivity index (χ3v) is 3.50. The number of hydrogen-bond acceptors (Lipinski definition) is 1. The highest BCUT2D eigenvalue weighted by Gasteiger charge is 2.38. The van der Waals surface area contributed by atoms with Crippen LogP contribution in [0.5, 0.6) is 0 Å². The second-order valence-corrected chi connectivity index (χ2v) is 5.47. The molecule has 0 spiro atoms. The van der Waals surface area contributed by atoms with Crippen LogP contribution < -0.4 is 0 Å². The van der Waals surface area contributed by atoms with Gasteiger partial charge in [0.05, 0.1) is 26.7 Å². The molecule has 0 aromatic heterocycles. The molecule has 1 rings (SSSR count). The fourth-order valence-electron chi connectivity index (χ4n) is 2.61. The van der Waals surface area contributed by atoms with Gasteiger partial charge in [0.25, 0.3) is 0 Å². The Kier molecular flexibility index (Phi) is 3.96. The van der Waals surface area contributed by atoms with E-state index >= 15 is 0 Å². The van der Waals surface area contributed by atoms with Gasteiger partial charge in [-0.3, -0.25) is 0 Å². The lowest BCUT2D eigenvalue weighted by Gasteiger charge is -2.27. The molecular formula is C12H27N2+. The molecule has 0 amide bonds. The van der Waals surface area contributed by atoms with E-state index in [4.69, 9.17) is 0 Å². The summed E-state index contributed by atoms with van der Waals surface area (Å²) in [6, 6.07) is 1.58. The van der Waals surface area contributed by atoms with Gasteiger partial charge in [0.1, 0.15) is 6.67 Å². The molecular weight excluding hydrogens is 172 g/mol. The van der Waals surface area contributed by atoms with Crippen LogP contribution in [0, 0.1) is 0 Å². The molecule has 0 bridgehead atoms. The van der Waals surface area contributed by atoms with Gasteiger partial charge in [0.15, 0.2) is 0 Å². The van der Waals surface area contributed by atoms with Crippen LogP contribution in [-0.2, 0) is 0 Å². The third-order valence-electron chi connectivity index (χ3n) is 3.50. The topological polar surface area (TPSA) is 3.24 Å². The van der Waals surface area contributed by atoms with E-state index in [2.05, 4.69) is 39.8 Å². The quantitative estimate of drug-likeness (QED) is 0.628. The van der Waals surface area contributed by atoms with E-state index in [1.807, 2.05) is 0 Å². The van der Waals surface area contributed by atoms with Crippen molar-refractivity contribution in [2.75, 3.05) is 27.3 Å². The second-order valence-electron chi connectivity index (χ2n) is 5.47. The normalized spacial score (nSPS) is 29.4. The molecule has 1 fully saturated rings. The van der Waals surface area contributed by atoms with Crippen LogP contribution in [0.15, 0.2) is 0 Å². The average Bonchev–Trinajstić information content (AvgIpc) is 2.41. The van der Waals surface area contributed by atoms with Gasteiger partial charge in [-0.2, -0.15) is 0 Å². The molecule has 84 valence electrons. The van der Waals surface area contributed by atoms with Crippen molar-refractivity contribution >= 4 is 0 Å². The first-order valence-corrected chi connectivity index (χ1v) is 6.08. The Morgan fingerprint density at radius 1 is 1.36 bits per heavy atom.